The molecular formula is C21H27N3O4S2. The predicted molar refractivity (Wildman–Crippen MR) is 123 cm³/mol. The number of thiocarbonyl (C=S) groups is 1. The monoisotopic (exact) mass is 449 g/mol. The summed E-state index contributed by atoms with van der Waals surface area (Å²) < 4.78 is 37.9. The Kier molecular flexibility index (Phi) is 7.30. The maximum absolute atomic E-state index is 12.9. The fraction of sp³-hybridized carbons (Fsp3) is 0.381. The van der Waals surface area contributed by atoms with Crippen LogP contribution in [0.5, 0.6) is 5.75 Å². The van der Waals surface area contributed by atoms with Gasteiger partial charge in [-0.1, -0.05) is 32.0 Å². The number of morpholine rings is 1. The quantitative estimate of drug-likeness (QED) is 0.652. The molecule has 1 saturated heterocycles. The van der Waals surface area contributed by atoms with Crippen molar-refractivity contribution >= 4 is 38.7 Å². The number of methoxy groups -OCH3 is 1. The second kappa shape index (κ2) is 9.74. The van der Waals surface area contributed by atoms with Gasteiger partial charge in [-0.05, 0) is 41.9 Å². The summed E-state index contributed by atoms with van der Waals surface area (Å²) in [7, 11) is -2.11. The first-order chi connectivity index (χ1) is 14.3. The van der Waals surface area contributed by atoms with E-state index >= 15 is 0 Å². The largest absolute Gasteiger partial charge is 0.495 e. The van der Waals surface area contributed by atoms with Crippen molar-refractivity contribution in [3.05, 3.63) is 48.0 Å². The molecule has 1 heterocycles. The van der Waals surface area contributed by atoms with Crippen molar-refractivity contribution in [1.29, 1.82) is 0 Å². The number of sulfonamides is 1. The van der Waals surface area contributed by atoms with Crippen LogP contribution >= 0.6 is 12.2 Å². The van der Waals surface area contributed by atoms with E-state index in [1.165, 1.54) is 17.5 Å². The van der Waals surface area contributed by atoms with Gasteiger partial charge in [0.05, 0.1) is 30.9 Å². The van der Waals surface area contributed by atoms with Crippen LogP contribution in [0.1, 0.15) is 25.3 Å². The predicted octanol–water partition coefficient (Wildman–Crippen LogP) is 3.65. The lowest BCUT2D eigenvalue weighted by Crippen LogP contribution is -2.40. The Labute approximate surface area is 183 Å². The van der Waals surface area contributed by atoms with Crippen LogP contribution in [0.3, 0.4) is 0 Å². The molecule has 162 valence electrons. The molecule has 0 unspecified atom stereocenters. The highest BCUT2D eigenvalue weighted by Crippen LogP contribution is 2.30. The number of benzene rings is 2. The highest BCUT2D eigenvalue weighted by molar-refractivity contribution is 7.89. The van der Waals surface area contributed by atoms with Gasteiger partial charge in [0.15, 0.2) is 5.11 Å². The van der Waals surface area contributed by atoms with Gasteiger partial charge >= 0.3 is 0 Å². The van der Waals surface area contributed by atoms with E-state index in [0.29, 0.717) is 48.8 Å². The van der Waals surface area contributed by atoms with Crippen LogP contribution in [-0.4, -0.2) is 51.2 Å². The van der Waals surface area contributed by atoms with E-state index in [9.17, 15) is 8.42 Å². The molecule has 0 bridgehead atoms. The lowest BCUT2D eigenvalue weighted by atomic mass is 10.0. The minimum absolute atomic E-state index is 0.177. The van der Waals surface area contributed by atoms with Gasteiger partial charge in [0.25, 0.3) is 0 Å². The number of rotatable bonds is 6. The third-order valence-electron chi connectivity index (χ3n) is 4.86. The standard InChI is InChI=1S/C21H27N3O4S2/c1-15(2)17-6-4-5-7-18(17)22-21(29)23-19-9-8-16(14-20(19)27-3)30(25,26)24-10-12-28-13-11-24/h4-9,14-15H,10-13H2,1-3H3,(H2,22,23,29). The Morgan fingerprint density at radius 2 is 1.77 bits per heavy atom. The molecule has 2 aromatic rings. The number of nitrogens with zero attached hydrogens (tertiary/aromatic N) is 1. The first-order valence-electron chi connectivity index (χ1n) is 9.76. The van der Waals surface area contributed by atoms with Crippen molar-refractivity contribution in [3.8, 4) is 5.75 Å². The number of nitrogens with one attached hydrogen (secondary N) is 2. The van der Waals surface area contributed by atoms with Crippen molar-refractivity contribution in [2.75, 3.05) is 44.0 Å². The molecule has 1 fully saturated rings. The SMILES string of the molecule is COc1cc(S(=O)(=O)N2CCOCC2)ccc1NC(=S)Nc1ccccc1C(C)C. The second-order valence-corrected chi connectivity index (χ2v) is 9.55. The molecule has 0 saturated carbocycles. The van der Waals surface area contributed by atoms with Gasteiger partial charge in [-0.25, -0.2) is 8.42 Å². The van der Waals surface area contributed by atoms with E-state index in [-0.39, 0.29) is 4.90 Å². The van der Waals surface area contributed by atoms with Gasteiger partial charge < -0.3 is 20.1 Å². The molecule has 0 amide bonds. The van der Waals surface area contributed by atoms with Crippen molar-refractivity contribution in [1.82, 2.24) is 4.31 Å². The van der Waals surface area contributed by atoms with Gasteiger partial charge in [0, 0.05) is 24.8 Å². The van der Waals surface area contributed by atoms with Crippen molar-refractivity contribution in [2.45, 2.75) is 24.7 Å². The molecule has 9 heteroatoms. The lowest BCUT2D eigenvalue weighted by molar-refractivity contribution is 0.0730. The minimum atomic E-state index is -3.61. The zero-order valence-electron chi connectivity index (χ0n) is 17.3. The number of para-hydroxylation sites is 1. The Balaban J connectivity index is 1.78. The van der Waals surface area contributed by atoms with E-state index < -0.39 is 10.0 Å². The first-order valence-corrected chi connectivity index (χ1v) is 11.6. The Morgan fingerprint density at radius 3 is 2.43 bits per heavy atom. The highest BCUT2D eigenvalue weighted by atomic mass is 32.2. The average Bonchev–Trinajstić information content (AvgIpc) is 2.74. The van der Waals surface area contributed by atoms with Crippen LogP contribution in [0.2, 0.25) is 0 Å². The molecule has 30 heavy (non-hydrogen) atoms. The fourth-order valence-corrected chi connectivity index (χ4v) is 4.91. The molecule has 0 radical (unpaired) electrons. The van der Waals surface area contributed by atoms with Crippen LogP contribution in [0.25, 0.3) is 0 Å². The van der Waals surface area contributed by atoms with E-state index in [2.05, 4.69) is 30.5 Å². The Hall–Kier alpha value is -2.20. The van der Waals surface area contributed by atoms with Gasteiger partial charge in [0.1, 0.15) is 5.75 Å². The number of hydrogen-bond donors (Lipinski definition) is 2. The smallest absolute Gasteiger partial charge is 0.243 e. The number of hydrogen-bond acceptors (Lipinski definition) is 5. The van der Waals surface area contributed by atoms with E-state index in [1.807, 2.05) is 18.2 Å². The van der Waals surface area contributed by atoms with E-state index in [1.54, 1.807) is 12.1 Å². The minimum Gasteiger partial charge on any atom is -0.495 e. The summed E-state index contributed by atoms with van der Waals surface area (Å²) in [4.78, 5) is 0.177. The molecule has 1 aliphatic heterocycles. The summed E-state index contributed by atoms with van der Waals surface area (Å²) in [5, 5.41) is 6.71. The molecule has 3 rings (SSSR count). The second-order valence-electron chi connectivity index (χ2n) is 7.20. The van der Waals surface area contributed by atoms with Gasteiger partial charge in [0.2, 0.25) is 10.0 Å². The summed E-state index contributed by atoms with van der Waals surface area (Å²) in [6, 6.07) is 12.7. The maximum atomic E-state index is 12.9. The summed E-state index contributed by atoms with van der Waals surface area (Å²) in [6.07, 6.45) is 0. The lowest BCUT2D eigenvalue weighted by Gasteiger charge is -2.26. The fourth-order valence-electron chi connectivity index (χ4n) is 3.26. The third-order valence-corrected chi connectivity index (χ3v) is 6.96. The summed E-state index contributed by atoms with van der Waals surface area (Å²) >= 11 is 5.46. The molecule has 2 N–H and O–H groups in total. The van der Waals surface area contributed by atoms with Crippen LogP contribution in [0.15, 0.2) is 47.4 Å². The third kappa shape index (κ3) is 5.10. The van der Waals surface area contributed by atoms with Crippen molar-refractivity contribution in [3.63, 3.8) is 0 Å². The Morgan fingerprint density at radius 1 is 1.10 bits per heavy atom. The van der Waals surface area contributed by atoms with Gasteiger partial charge in [-0.2, -0.15) is 4.31 Å². The summed E-state index contributed by atoms with van der Waals surface area (Å²) in [5.74, 6) is 0.737. The van der Waals surface area contributed by atoms with Crippen LogP contribution in [-0.2, 0) is 14.8 Å². The van der Waals surface area contributed by atoms with Gasteiger partial charge in [-0.3, -0.25) is 0 Å². The zero-order chi connectivity index (χ0) is 21.7. The highest BCUT2D eigenvalue weighted by Gasteiger charge is 2.27. The average molecular weight is 450 g/mol. The van der Waals surface area contributed by atoms with Crippen molar-refractivity contribution in [2.24, 2.45) is 0 Å². The summed E-state index contributed by atoms with van der Waals surface area (Å²) in [5.41, 5.74) is 2.66. The normalized spacial score (nSPS) is 15.1. The molecule has 7 nitrogen and oxygen atoms in total. The molecule has 0 aliphatic carbocycles. The number of anilines is 2. The Bertz CT molecular complexity index is 1000. The molecule has 0 spiro atoms. The van der Waals surface area contributed by atoms with Crippen LogP contribution < -0.4 is 15.4 Å². The van der Waals surface area contributed by atoms with Gasteiger partial charge in [-0.15, -0.1) is 0 Å². The number of ether oxygens (including phenoxy) is 2. The molecule has 1 aliphatic rings. The topological polar surface area (TPSA) is 79.9 Å². The van der Waals surface area contributed by atoms with Crippen LogP contribution in [0, 0.1) is 0 Å². The molecule has 2 aromatic carbocycles. The maximum Gasteiger partial charge on any atom is 0.243 e. The molecular weight excluding hydrogens is 422 g/mol. The van der Waals surface area contributed by atoms with E-state index in [0.717, 1.165) is 11.3 Å². The summed E-state index contributed by atoms with van der Waals surface area (Å²) in [6.45, 7) is 5.71. The van der Waals surface area contributed by atoms with Crippen molar-refractivity contribution < 1.29 is 17.9 Å². The molecule has 0 atom stereocenters. The zero-order valence-corrected chi connectivity index (χ0v) is 19.0. The molecule has 0 aromatic heterocycles. The first kappa shape index (κ1) is 22.5. The van der Waals surface area contributed by atoms with Crippen LogP contribution in [0.4, 0.5) is 11.4 Å². The van der Waals surface area contributed by atoms with E-state index in [4.69, 9.17) is 21.7 Å².